The average Bonchev–Trinajstić information content (AvgIpc) is 3.38. The van der Waals surface area contributed by atoms with Crippen LogP contribution in [0.25, 0.3) is 22.3 Å². The van der Waals surface area contributed by atoms with Gasteiger partial charge >= 0.3 is 16.1 Å². The topological polar surface area (TPSA) is 291 Å². The molecule has 5 aliphatic carbocycles. The molecule has 22 heteroatoms. The summed E-state index contributed by atoms with van der Waals surface area (Å²) in [5, 5.41) is 23.6. The Morgan fingerprint density at radius 2 is 1.81 bits per heavy atom. The van der Waals surface area contributed by atoms with Crippen molar-refractivity contribution >= 4 is 50.2 Å². The first-order valence-electron chi connectivity index (χ1n) is 15.0. The smallest absolute Gasteiger partial charge is 0.388 e. The molecule has 5 saturated carbocycles. The lowest BCUT2D eigenvalue weighted by molar-refractivity contribution is -0.0870. The molecule has 6 fully saturated rings. The van der Waals surface area contributed by atoms with E-state index in [1.807, 2.05) is 0 Å². The fraction of sp³-hybridized carbons (Fsp3) is 0.600. The minimum absolute atomic E-state index is 0.00332. The molecular weight excluding hydrogens is 662 g/mol. The van der Waals surface area contributed by atoms with E-state index >= 15 is 0 Å². The number of nitrogen functional groups attached to an aromatic ring is 2. The number of hydrogen-bond acceptors (Lipinski definition) is 16. The van der Waals surface area contributed by atoms with Crippen molar-refractivity contribution in [3.8, 4) is 0 Å². The molecule has 6 aliphatic rings. The highest BCUT2D eigenvalue weighted by atomic mass is 31.2. The first kappa shape index (κ1) is 28.7. The van der Waals surface area contributed by atoms with E-state index < -0.39 is 81.0 Å². The summed E-state index contributed by atoms with van der Waals surface area (Å²) in [6, 6.07) is -1.45. The van der Waals surface area contributed by atoms with Crippen LogP contribution in [0.3, 0.4) is 0 Å². The summed E-state index contributed by atoms with van der Waals surface area (Å²) in [4.78, 5) is 47.0. The maximum absolute atomic E-state index is 13.7. The van der Waals surface area contributed by atoms with Gasteiger partial charge in [0.25, 0.3) is 5.56 Å². The largest absolute Gasteiger partial charge is 0.472 e. The van der Waals surface area contributed by atoms with Crippen LogP contribution >= 0.6 is 16.1 Å². The number of hydrogen-bond donors (Lipinski definition) is 6. The lowest BCUT2D eigenvalue weighted by Gasteiger charge is -2.45. The third-order valence-corrected chi connectivity index (χ3v) is 13.5. The Kier molecular flexibility index (Phi) is 5.38. The van der Waals surface area contributed by atoms with E-state index in [-0.39, 0.29) is 41.4 Å². The normalized spacial score (nSPS) is 46.5. The molecule has 2 unspecified atom stereocenters. The van der Waals surface area contributed by atoms with Gasteiger partial charge in [0.05, 0.1) is 38.0 Å². The van der Waals surface area contributed by atoms with Crippen molar-refractivity contribution in [1.82, 2.24) is 39.0 Å². The molecule has 47 heavy (non-hydrogen) atoms. The third kappa shape index (κ3) is 3.42. The number of anilines is 2. The van der Waals surface area contributed by atoms with Crippen LogP contribution in [0.2, 0.25) is 0 Å². The van der Waals surface area contributed by atoms with Gasteiger partial charge in [-0.15, -0.1) is 0 Å². The summed E-state index contributed by atoms with van der Waals surface area (Å²) < 4.78 is 53.4. The zero-order chi connectivity index (χ0) is 32.4. The fourth-order valence-corrected chi connectivity index (χ4v) is 11.8. The summed E-state index contributed by atoms with van der Waals surface area (Å²) in [7, 11) is -8.16. The molecule has 5 heterocycles. The number of imidazole rings is 2. The molecule has 4 aromatic rings. The molecule has 4 aromatic heterocycles. The molecule has 0 bridgehead atoms. The monoisotopic (exact) mass is 690 g/mol. The predicted octanol–water partition coefficient (Wildman–Crippen LogP) is -0.725. The zero-order valence-electron chi connectivity index (χ0n) is 24.1. The van der Waals surface area contributed by atoms with E-state index in [1.54, 1.807) is 4.57 Å². The van der Waals surface area contributed by atoms with Gasteiger partial charge in [-0.3, -0.25) is 23.4 Å². The number of rotatable bonds is 2. The molecule has 0 aromatic carbocycles. The van der Waals surface area contributed by atoms with Gasteiger partial charge in [0, 0.05) is 16.7 Å². The van der Waals surface area contributed by atoms with Crippen LogP contribution in [-0.2, 0) is 27.2 Å². The summed E-state index contributed by atoms with van der Waals surface area (Å²) in [5.74, 6) is -1.10. The highest BCUT2D eigenvalue weighted by Gasteiger charge is 2.94. The highest BCUT2D eigenvalue weighted by molar-refractivity contribution is 7.47. The maximum Gasteiger partial charge on any atom is 0.472 e. The van der Waals surface area contributed by atoms with Crippen molar-refractivity contribution in [3.63, 3.8) is 0 Å². The van der Waals surface area contributed by atoms with Gasteiger partial charge in [0.2, 0.25) is 5.95 Å². The number of fused-ring (bicyclic) bond motifs is 2. The van der Waals surface area contributed by atoms with E-state index in [4.69, 9.17) is 29.6 Å². The lowest BCUT2D eigenvalue weighted by Crippen LogP contribution is -2.49. The van der Waals surface area contributed by atoms with Gasteiger partial charge in [-0.05, 0) is 24.7 Å². The number of aromatic amines is 1. The minimum Gasteiger partial charge on any atom is -0.388 e. The number of H-pyrrole nitrogens is 1. The second-order valence-corrected chi connectivity index (χ2v) is 16.0. The van der Waals surface area contributed by atoms with Gasteiger partial charge in [-0.2, -0.15) is 4.98 Å². The van der Waals surface area contributed by atoms with Crippen LogP contribution in [0.15, 0.2) is 23.8 Å². The highest BCUT2D eigenvalue weighted by Crippen LogP contribution is 2.87. The second-order valence-electron chi connectivity index (χ2n) is 13.5. The zero-order valence-corrected chi connectivity index (χ0v) is 26.0. The van der Waals surface area contributed by atoms with Gasteiger partial charge < -0.3 is 44.8 Å². The third-order valence-electron chi connectivity index (χ3n) is 11.7. The van der Waals surface area contributed by atoms with Crippen molar-refractivity contribution in [2.45, 2.75) is 48.8 Å². The van der Waals surface area contributed by atoms with Gasteiger partial charge in [0.1, 0.15) is 35.8 Å². The van der Waals surface area contributed by atoms with E-state index in [0.717, 1.165) is 0 Å². The van der Waals surface area contributed by atoms with Crippen LogP contribution in [0.4, 0.5) is 11.8 Å². The molecule has 1 aliphatic heterocycles. The predicted molar refractivity (Wildman–Crippen MR) is 156 cm³/mol. The van der Waals surface area contributed by atoms with Crippen molar-refractivity contribution in [1.29, 1.82) is 0 Å². The number of nitrogens with one attached hydrogen (secondary N) is 1. The van der Waals surface area contributed by atoms with Crippen LogP contribution in [0, 0.1) is 28.6 Å². The first-order chi connectivity index (χ1) is 22.4. The second kappa shape index (κ2) is 8.82. The van der Waals surface area contributed by atoms with E-state index in [0.29, 0.717) is 24.0 Å². The summed E-state index contributed by atoms with van der Waals surface area (Å²) >= 11 is 0. The van der Waals surface area contributed by atoms with Crippen molar-refractivity contribution in [2.75, 3.05) is 24.7 Å². The molecule has 20 nitrogen and oxygen atoms in total. The Morgan fingerprint density at radius 3 is 2.62 bits per heavy atom. The molecule has 2 spiro atoms. The van der Waals surface area contributed by atoms with Gasteiger partial charge in [-0.25, -0.2) is 24.5 Å². The summed E-state index contributed by atoms with van der Waals surface area (Å²) in [6.07, 6.45) is 1.20. The van der Waals surface area contributed by atoms with Crippen molar-refractivity contribution in [3.05, 3.63) is 29.3 Å². The van der Waals surface area contributed by atoms with Gasteiger partial charge in [-0.1, -0.05) is 0 Å². The number of nitrogens with two attached hydrogens (primary N) is 2. The number of aliphatic hydroxyl groups is 2. The number of nitrogens with zero attached hydrogens (tertiary/aromatic N) is 7. The standard InChI is InChI=1S/C25H28N10O10P2/c26-18-10-19(29-5-28-18)35(6-30-10)13-9-2-23(9)3-43-47(40,41)45-16-12(34-7-31-11-20(34)32-22(27)33-21(11)37)8-1-24(15(8)25(16,24)38)4-42-46(39)44-17(23)14(13)36/h5-9,12-17,36,38,46H,1-4H2,(H,40,41)(H2,26,28,29)(H3,27,32,33,37)/t8-,9-,12-,13-,14+,15+,16+,17+,23+,24+,25-/m1/s1. The number of phosphoric acid groups is 1. The Bertz CT molecular complexity index is 2180. The number of aliphatic hydroxyl groups excluding tert-OH is 1. The molecule has 10 rings (SSSR count). The molecule has 1 saturated heterocycles. The van der Waals surface area contributed by atoms with E-state index in [9.17, 15) is 29.0 Å². The fourth-order valence-electron chi connectivity index (χ4n) is 9.70. The van der Waals surface area contributed by atoms with E-state index in [2.05, 4.69) is 29.9 Å². The maximum atomic E-state index is 13.7. The quantitative estimate of drug-likeness (QED) is 0.141. The number of phosphoric ester groups is 1. The van der Waals surface area contributed by atoms with Gasteiger partial charge in [0.15, 0.2) is 22.6 Å². The minimum atomic E-state index is -4.92. The molecule has 13 atom stereocenters. The van der Waals surface area contributed by atoms with E-state index in [1.165, 1.54) is 23.5 Å². The first-order valence-corrected chi connectivity index (χ1v) is 17.7. The molecule has 0 radical (unpaired) electrons. The molecule has 8 N–H and O–H groups in total. The van der Waals surface area contributed by atoms with Crippen LogP contribution < -0.4 is 17.0 Å². The Hall–Kier alpha value is -3.32. The molecule has 248 valence electrons. The molecule has 0 amide bonds. The SMILES string of the molecule is Nc1nc2c(ncn2[C@@H]2[C@H]3C[C@@]45CO[PH](=O)O[C@H]6[C@@H](O)[C@H](n7cnc8c(N)ncnc87)[C@H]7C[C@]76COP(=O)(O)O[C@@H]2[C@]4(O)[C@@H]35)c(=O)[nH]1. The molecular formula is C25H28N10O10P2. The Balaban J connectivity index is 1.01. The Labute approximate surface area is 263 Å². The average molecular weight is 691 g/mol. The van der Waals surface area contributed by atoms with Crippen LogP contribution in [-0.4, -0.2) is 91.3 Å². The van der Waals surface area contributed by atoms with Crippen LogP contribution in [0.1, 0.15) is 24.9 Å². The van der Waals surface area contributed by atoms with Crippen LogP contribution in [0.5, 0.6) is 0 Å². The number of aromatic nitrogens is 8. The lowest BCUT2D eigenvalue weighted by atomic mass is 9.68. The van der Waals surface area contributed by atoms with Crippen molar-refractivity contribution < 1.29 is 42.3 Å². The summed E-state index contributed by atoms with van der Waals surface area (Å²) in [6.45, 7) is -0.579. The van der Waals surface area contributed by atoms with Crippen molar-refractivity contribution in [2.24, 2.45) is 28.6 Å². The summed E-state index contributed by atoms with van der Waals surface area (Å²) in [5.41, 5.74) is 8.42. The Morgan fingerprint density at radius 1 is 1.04 bits per heavy atom.